The molecule has 0 radical (unpaired) electrons. The number of hydrogen-bond donors (Lipinski definition) is 1. The van der Waals surface area contributed by atoms with Crippen molar-refractivity contribution in [3.8, 4) is 17.2 Å². The molecule has 0 saturated heterocycles. The molecule has 0 aliphatic rings. The lowest BCUT2D eigenvalue weighted by molar-refractivity contribution is 0.302. The zero-order chi connectivity index (χ0) is 20.5. The molecule has 0 bridgehead atoms. The summed E-state index contributed by atoms with van der Waals surface area (Å²) in [7, 11) is 3.31. The molecule has 0 aromatic heterocycles. The van der Waals surface area contributed by atoms with Crippen LogP contribution in [0, 0.1) is 6.92 Å². The van der Waals surface area contributed by atoms with Crippen molar-refractivity contribution in [3.05, 3.63) is 89.0 Å². The minimum atomic E-state index is 0.574. The Morgan fingerprint density at radius 2 is 1.59 bits per heavy atom. The first-order valence-corrected chi connectivity index (χ1v) is 9.87. The third kappa shape index (κ3) is 6.00. The summed E-state index contributed by atoms with van der Waals surface area (Å²) in [6, 6.07) is 22.7. The molecule has 4 nitrogen and oxygen atoms in total. The highest BCUT2D eigenvalue weighted by Crippen LogP contribution is 2.27. The van der Waals surface area contributed by atoms with Gasteiger partial charge in [-0.15, -0.1) is 0 Å². The molecule has 0 saturated carbocycles. The number of nitrogens with one attached hydrogen (secondary N) is 1. The molecule has 29 heavy (non-hydrogen) atoms. The van der Waals surface area contributed by atoms with E-state index in [4.69, 9.17) is 14.2 Å². The molecule has 3 rings (SSSR count). The topological polar surface area (TPSA) is 39.7 Å². The van der Waals surface area contributed by atoms with Crippen LogP contribution in [0.25, 0.3) is 0 Å². The van der Waals surface area contributed by atoms with Crippen LogP contribution in [0.4, 0.5) is 0 Å². The van der Waals surface area contributed by atoms with Gasteiger partial charge in [0, 0.05) is 12.1 Å². The molecule has 3 aromatic carbocycles. The van der Waals surface area contributed by atoms with Gasteiger partial charge in [0.2, 0.25) is 0 Å². The van der Waals surface area contributed by atoms with Crippen LogP contribution in [0.15, 0.2) is 66.7 Å². The molecule has 0 aliphatic heterocycles. The van der Waals surface area contributed by atoms with Crippen LogP contribution >= 0.6 is 0 Å². The van der Waals surface area contributed by atoms with Crippen molar-refractivity contribution in [2.24, 2.45) is 0 Å². The van der Waals surface area contributed by atoms with E-state index in [2.05, 4.69) is 48.6 Å². The first-order chi connectivity index (χ1) is 14.2. The van der Waals surface area contributed by atoms with Gasteiger partial charge in [0.05, 0.1) is 14.2 Å². The van der Waals surface area contributed by atoms with Gasteiger partial charge in [-0.3, -0.25) is 0 Å². The van der Waals surface area contributed by atoms with Crippen LogP contribution in [-0.4, -0.2) is 20.8 Å². The van der Waals surface area contributed by atoms with Gasteiger partial charge in [-0.05, 0) is 49.2 Å². The van der Waals surface area contributed by atoms with Gasteiger partial charge in [-0.25, -0.2) is 0 Å². The van der Waals surface area contributed by atoms with Crippen molar-refractivity contribution in [2.75, 3.05) is 20.8 Å². The van der Waals surface area contributed by atoms with Crippen LogP contribution in [0.2, 0.25) is 0 Å². The molecular weight excluding hydrogens is 362 g/mol. The van der Waals surface area contributed by atoms with Crippen molar-refractivity contribution >= 4 is 0 Å². The second-order valence-electron chi connectivity index (χ2n) is 7.00. The summed E-state index contributed by atoms with van der Waals surface area (Å²) in [5.41, 5.74) is 4.80. The minimum absolute atomic E-state index is 0.574. The van der Waals surface area contributed by atoms with E-state index in [-0.39, 0.29) is 0 Å². The number of hydrogen-bond acceptors (Lipinski definition) is 4. The molecule has 4 heteroatoms. The SMILES string of the molecule is COc1ccc(CCNCc2ccccc2OCc2cccc(C)c2)cc1OC. The van der Waals surface area contributed by atoms with Crippen molar-refractivity contribution in [2.45, 2.75) is 26.5 Å². The summed E-state index contributed by atoms with van der Waals surface area (Å²) >= 11 is 0. The molecule has 0 aliphatic carbocycles. The molecule has 1 N–H and O–H groups in total. The lowest BCUT2D eigenvalue weighted by atomic mass is 10.1. The van der Waals surface area contributed by atoms with Gasteiger partial charge in [0.25, 0.3) is 0 Å². The highest BCUT2D eigenvalue weighted by molar-refractivity contribution is 5.43. The summed E-state index contributed by atoms with van der Waals surface area (Å²) in [5, 5.41) is 3.51. The van der Waals surface area contributed by atoms with E-state index in [0.717, 1.165) is 42.3 Å². The number of para-hydroxylation sites is 1. The third-order valence-corrected chi connectivity index (χ3v) is 4.80. The normalized spacial score (nSPS) is 10.6. The molecule has 3 aromatic rings. The maximum atomic E-state index is 6.08. The smallest absolute Gasteiger partial charge is 0.160 e. The molecule has 0 spiro atoms. The fourth-order valence-corrected chi connectivity index (χ4v) is 3.25. The first kappa shape index (κ1) is 20.7. The summed E-state index contributed by atoms with van der Waals surface area (Å²) in [5.74, 6) is 2.44. The second kappa shape index (κ2) is 10.5. The Hall–Kier alpha value is -2.98. The Labute approximate surface area is 173 Å². The lowest BCUT2D eigenvalue weighted by Gasteiger charge is -2.13. The molecule has 152 valence electrons. The average molecular weight is 392 g/mol. The van der Waals surface area contributed by atoms with Crippen molar-refractivity contribution < 1.29 is 14.2 Å². The van der Waals surface area contributed by atoms with Crippen LogP contribution in [0.1, 0.15) is 22.3 Å². The standard InChI is InChI=1S/C25H29NO3/c1-19-7-6-8-21(15-19)18-29-23-10-5-4-9-22(23)17-26-14-13-20-11-12-24(27-2)25(16-20)28-3/h4-12,15-16,26H,13-14,17-18H2,1-3H3. The largest absolute Gasteiger partial charge is 0.493 e. The molecule has 0 heterocycles. The van der Waals surface area contributed by atoms with Crippen LogP contribution < -0.4 is 19.5 Å². The van der Waals surface area contributed by atoms with E-state index in [0.29, 0.717) is 6.61 Å². The Bertz CT molecular complexity index is 923. The van der Waals surface area contributed by atoms with Crippen LogP contribution in [0.5, 0.6) is 17.2 Å². The van der Waals surface area contributed by atoms with Gasteiger partial charge in [0.15, 0.2) is 11.5 Å². The molecule has 0 amide bonds. The molecule has 0 atom stereocenters. The molecule has 0 unspecified atom stereocenters. The van der Waals surface area contributed by atoms with E-state index >= 15 is 0 Å². The predicted octanol–water partition coefficient (Wildman–Crippen LogP) is 4.92. The summed E-state index contributed by atoms with van der Waals surface area (Å²) < 4.78 is 16.8. The van der Waals surface area contributed by atoms with E-state index in [9.17, 15) is 0 Å². The number of ether oxygens (including phenoxy) is 3. The average Bonchev–Trinajstić information content (AvgIpc) is 2.75. The fourth-order valence-electron chi connectivity index (χ4n) is 3.25. The number of rotatable bonds is 10. The summed E-state index contributed by atoms with van der Waals surface area (Å²) in [4.78, 5) is 0. The van der Waals surface area contributed by atoms with Crippen LogP contribution in [-0.2, 0) is 19.6 Å². The zero-order valence-electron chi connectivity index (χ0n) is 17.4. The Kier molecular flexibility index (Phi) is 7.54. The lowest BCUT2D eigenvalue weighted by Crippen LogP contribution is -2.17. The Morgan fingerprint density at radius 3 is 2.38 bits per heavy atom. The quantitative estimate of drug-likeness (QED) is 0.498. The highest BCUT2D eigenvalue weighted by atomic mass is 16.5. The van der Waals surface area contributed by atoms with Crippen molar-refractivity contribution in [1.82, 2.24) is 5.32 Å². The van der Waals surface area contributed by atoms with Crippen LogP contribution in [0.3, 0.4) is 0 Å². The molecule has 0 fully saturated rings. The maximum Gasteiger partial charge on any atom is 0.160 e. The van der Waals surface area contributed by atoms with E-state index in [1.54, 1.807) is 14.2 Å². The van der Waals surface area contributed by atoms with E-state index in [1.165, 1.54) is 16.7 Å². The van der Waals surface area contributed by atoms with E-state index in [1.807, 2.05) is 30.3 Å². The predicted molar refractivity (Wildman–Crippen MR) is 117 cm³/mol. The third-order valence-electron chi connectivity index (χ3n) is 4.80. The van der Waals surface area contributed by atoms with Gasteiger partial charge in [-0.2, -0.15) is 0 Å². The summed E-state index contributed by atoms with van der Waals surface area (Å²) in [6.45, 7) is 4.29. The van der Waals surface area contributed by atoms with Crippen molar-refractivity contribution in [3.63, 3.8) is 0 Å². The first-order valence-electron chi connectivity index (χ1n) is 9.87. The second-order valence-corrected chi connectivity index (χ2v) is 7.00. The van der Waals surface area contributed by atoms with Gasteiger partial charge < -0.3 is 19.5 Å². The minimum Gasteiger partial charge on any atom is -0.493 e. The number of methoxy groups -OCH3 is 2. The Morgan fingerprint density at radius 1 is 0.759 bits per heavy atom. The summed E-state index contributed by atoms with van der Waals surface area (Å²) in [6.07, 6.45) is 0.909. The highest BCUT2D eigenvalue weighted by Gasteiger charge is 2.06. The Balaban J connectivity index is 1.52. The maximum absolute atomic E-state index is 6.08. The number of benzene rings is 3. The van der Waals surface area contributed by atoms with E-state index < -0.39 is 0 Å². The molecular formula is C25H29NO3. The van der Waals surface area contributed by atoms with Crippen molar-refractivity contribution in [1.29, 1.82) is 0 Å². The number of aryl methyl sites for hydroxylation is 1. The van der Waals surface area contributed by atoms with Gasteiger partial charge >= 0.3 is 0 Å². The zero-order valence-corrected chi connectivity index (χ0v) is 17.4. The monoisotopic (exact) mass is 391 g/mol. The van der Waals surface area contributed by atoms with Gasteiger partial charge in [-0.1, -0.05) is 54.1 Å². The fraction of sp³-hybridized carbons (Fsp3) is 0.280. The van der Waals surface area contributed by atoms with Gasteiger partial charge in [0.1, 0.15) is 12.4 Å².